The number of thiophene rings is 1. The van der Waals surface area contributed by atoms with Gasteiger partial charge in [-0.3, -0.25) is 0 Å². The number of rotatable bonds is 4. The van der Waals surface area contributed by atoms with E-state index in [4.69, 9.17) is 10.5 Å². The van der Waals surface area contributed by atoms with Crippen molar-refractivity contribution in [1.29, 1.82) is 0 Å². The summed E-state index contributed by atoms with van der Waals surface area (Å²) in [5.74, 6) is 0.887. The largest absolute Gasteiger partial charge is 0.489 e. The first-order chi connectivity index (χ1) is 7.38. The second kappa shape index (κ2) is 4.96. The molecule has 78 valence electrons. The second-order valence-electron chi connectivity index (χ2n) is 3.27. The van der Waals surface area contributed by atoms with E-state index in [9.17, 15) is 0 Å². The molecule has 0 aliphatic heterocycles. The molecule has 0 saturated carbocycles. The molecular formula is C12H13NOS. The summed E-state index contributed by atoms with van der Waals surface area (Å²) in [4.78, 5) is 0. The maximum Gasteiger partial charge on any atom is 0.119 e. The lowest BCUT2D eigenvalue weighted by molar-refractivity contribution is 0.306. The molecule has 3 heteroatoms. The number of hydrogen-bond acceptors (Lipinski definition) is 3. The Balaban J connectivity index is 1.93. The van der Waals surface area contributed by atoms with Gasteiger partial charge in [0.05, 0.1) is 0 Å². The number of hydrogen-bond donors (Lipinski definition) is 1. The summed E-state index contributed by atoms with van der Waals surface area (Å²) in [6.07, 6.45) is 0. The fourth-order valence-corrected chi connectivity index (χ4v) is 1.92. The van der Waals surface area contributed by atoms with Crippen LogP contribution in [0.25, 0.3) is 0 Å². The van der Waals surface area contributed by atoms with Gasteiger partial charge in [0.15, 0.2) is 0 Å². The van der Waals surface area contributed by atoms with Crippen molar-refractivity contribution in [3.8, 4) is 5.75 Å². The van der Waals surface area contributed by atoms with Crippen LogP contribution in [0.3, 0.4) is 0 Å². The summed E-state index contributed by atoms with van der Waals surface area (Å²) < 4.78 is 5.62. The van der Waals surface area contributed by atoms with Gasteiger partial charge in [-0.05, 0) is 40.1 Å². The topological polar surface area (TPSA) is 35.2 Å². The van der Waals surface area contributed by atoms with Crippen molar-refractivity contribution < 1.29 is 4.74 Å². The molecule has 2 rings (SSSR count). The molecule has 0 bridgehead atoms. The van der Waals surface area contributed by atoms with E-state index >= 15 is 0 Å². The summed E-state index contributed by atoms with van der Waals surface area (Å²) in [7, 11) is 0. The minimum absolute atomic E-state index is 0.574. The third kappa shape index (κ3) is 2.81. The molecule has 0 amide bonds. The van der Waals surface area contributed by atoms with Crippen LogP contribution in [0.15, 0.2) is 41.1 Å². The summed E-state index contributed by atoms with van der Waals surface area (Å²) in [5.41, 5.74) is 7.85. The normalized spacial score (nSPS) is 10.2. The van der Waals surface area contributed by atoms with Crippen LogP contribution in [0.1, 0.15) is 11.1 Å². The summed E-state index contributed by atoms with van der Waals surface area (Å²) in [6.45, 7) is 1.20. The lowest BCUT2D eigenvalue weighted by Crippen LogP contribution is -1.97. The summed E-state index contributed by atoms with van der Waals surface area (Å²) in [5, 5.41) is 4.14. The van der Waals surface area contributed by atoms with Crippen LogP contribution in [0.4, 0.5) is 0 Å². The molecule has 0 aliphatic carbocycles. The Labute approximate surface area is 93.3 Å². The van der Waals surface area contributed by atoms with E-state index in [0.29, 0.717) is 13.2 Å². The Kier molecular flexibility index (Phi) is 3.37. The highest BCUT2D eigenvalue weighted by atomic mass is 32.1. The minimum atomic E-state index is 0.574. The molecule has 0 fully saturated rings. The average molecular weight is 219 g/mol. The van der Waals surface area contributed by atoms with Crippen molar-refractivity contribution in [2.45, 2.75) is 13.2 Å². The fourth-order valence-electron chi connectivity index (χ4n) is 1.26. The Hall–Kier alpha value is -1.32. The third-order valence-electron chi connectivity index (χ3n) is 2.14. The highest BCUT2D eigenvalue weighted by Gasteiger charge is 1.96. The van der Waals surface area contributed by atoms with E-state index in [0.717, 1.165) is 11.3 Å². The standard InChI is InChI=1S/C12H13NOS/c13-7-10-1-3-12(4-2-10)14-8-11-5-6-15-9-11/h1-6,9H,7-8,13H2. The molecule has 1 aromatic heterocycles. The van der Waals surface area contributed by atoms with Crippen molar-refractivity contribution in [3.63, 3.8) is 0 Å². The Bertz CT molecular complexity index is 394. The molecule has 0 atom stereocenters. The van der Waals surface area contributed by atoms with Crippen LogP contribution >= 0.6 is 11.3 Å². The van der Waals surface area contributed by atoms with E-state index in [1.54, 1.807) is 11.3 Å². The van der Waals surface area contributed by atoms with Crippen molar-refractivity contribution in [1.82, 2.24) is 0 Å². The van der Waals surface area contributed by atoms with Crippen LogP contribution in [0.5, 0.6) is 5.75 Å². The molecule has 2 nitrogen and oxygen atoms in total. The minimum Gasteiger partial charge on any atom is -0.489 e. The smallest absolute Gasteiger partial charge is 0.119 e. The predicted octanol–water partition coefficient (Wildman–Crippen LogP) is 2.79. The van der Waals surface area contributed by atoms with E-state index in [1.807, 2.05) is 24.3 Å². The van der Waals surface area contributed by atoms with E-state index in [2.05, 4.69) is 16.8 Å². The van der Waals surface area contributed by atoms with Crippen molar-refractivity contribution in [2.75, 3.05) is 0 Å². The van der Waals surface area contributed by atoms with E-state index < -0.39 is 0 Å². The predicted molar refractivity (Wildman–Crippen MR) is 63.0 cm³/mol. The Morgan fingerprint density at radius 2 is 1.87 bits per heavy atom. The van der Waals surface area contributed by atoms with Gasteiger partial charge < -0.3 is 10.5 Å². The number of benzene rings is 1. The number of ether oxygens (including phenoxy) is 1. The second-order valence-corrected chi connectivity index (χ2v) is 4.05. The van der Waals surface area contributed by atoms with Gasteiger partial charge >= 0.3 is 0 Å². The van der Waals surface area contributed by atoms with E-state index in [-0.39, 0.29) is 0 Å². The molecule has 0 aliphatic rings. The van der Waals surface area contributed by atoms with Gasteiger partial charge in [-0.2, -0.15) is 11.3 Å². The van der Waals surface area contributed by atoms with Gasteiger partial charge in [0, 0.05) is 6.54 Å². The Morgan fingerprint density at radius 1 is 1.07 bits per heavy atom. The Morgan fingerprint density at radius 3 is 2.47 bits per heavy atom. The summed E-state index contributed by atoms with van der Waals surface area (Å²) in [6, 6.07) is 9.95. The van der Waals surface area contributed by atoms with Crippen LogP contribution < -0.4 is 10.5 Å². The molecule has 0 radical (unpaired) electrons. The highest BCUT2D eigenvalue weighted by Crippen LogP contribution is 2.15. The average Bonchev–Trinajstić information content (AvgIpc) is 2.80. The molecule has 15 heavy (non-hydrogen) atoms. The van der Waals surface area contributed by atoms with Crippen molar-refractivity contribution in [2.24, 2.45) is 5.73 Å². The van der Waals surface area contributed by atoms with Crippen LogP contribution in [-0.2, 0) is 13.2 Å². The summed E-state index contributed by atoms with van der Waals surface area (Å²) >= 11 is 1.68. The fraction of sp³-hybridized carbons (Fsp3) is 0.167. The molecule has 2 aromatic rings. The highest BCUT2D eigenvalue weighted by molar-refractivity contribution is 7.07. The SMILES string of the molecule is NCc1ccc(OCc2ccsc2)cc1. The van der Waals surface area contributed by atoms with Crippen LogP contribution in [0, 0.1) is 0 Å². The van der Waals surface area contributed by atoms with Gasteiger partial charge in [0.2, 0.25) is 0 Å². The zero-order chi connectivity index (χ0) is 10.5. The molecule has 0 unspecified atom stereocenters. The maximum absolute atomic E-state index is 5.62. The van der Waals surface area contributed by atoms with Crippen molar-refractivity contribution in [3.05, 3.63) is 52.2 Å². The molecule has 1 aromatic carbocycles. The monoisotopic (exact) mass is 219 g/mol. The zero-order valence-corrected chi connectivity index (χ0v) is 9.17. The third-order valence-corrected chi connectivity index (χ3v) is 2.88. The number of nitrogens with two attached hydrogens (primary N) is 1. The molecule has 2 N–H and O–H groups in total. The van der Waals surface area contributed by atoms with Crippen LogP contribution in [0.2, 0.25) is 0 Å². The van der Waals surface area contributed by atoms with Gasteiger partial charge in [-0.1, -0.05) is 12.1 Å². The molecular weight excluding hydrogens is 206 g/mol. The van der Waals surface area contributed by atoms with Gasteiger partial charge in [0.1, 0.15) is 12.4 Å². The zero-order valence-electron chi connectivity index (χ0n) is 8.35. The van der Waals surface area contributed by atoms with Gasteiger partial charge in [-0.25, -0.2) is 0 Å². The first-order valence-electron chi connectivity index (χ1n) is 4.81. The first kappa shape index (κ1) is 10.2. The lowest BCUT2D eigenvalue weighted by Gasteiger charge is -2.05. The van der Waals surface area contributed by atoms with Crippen molar-refractivity contribution >= 4 is 11.3 Å². The maximum atomic E-state index is 5.62. The molecule has 0 spiro atoms. The van der Waals surface area contributed by atoms with Gasteiger partial charge in [0.25, 0.3) is 0 Å². The van der Waals surface area contributed by atoms with E-state index in [1.165, 1.54) is 5.56 Å². The molecule has 0 saturated heterocycles. The molecule has 1 heterocycles. The van der Waals surface area contributed by atoms with Gasteiger partial charge in [-0.15, -0.1) is 0 Å². The quantitative estimate of drug-likeness (QED) is 0.858. The van der Waals surface area contributed by atoms with Crippen LogP contribution in [-0.4, -0.2) is 0 Å². The lowest BCUT2D eigenvalue weighted by atomic mass is 10.2. The first-order valence-corrected chi connectivity index (χ1v) is 5.75.